The van der Waals surface area contributed by atoms with E-state index in [1.807, 2.05) is 88.0 Å². The molecule has 2 N–H and O–H groups in total. The molecule has 4 aromatic rings. The van der Waals surface area contributed by atoms with Gasteiger partial charge in [0.05, 0.1) is 24.1 Å². The number of ether oxygens (including phenoxy) is 1. The largest absolute Gasteiger partial charge is 0.491 e. The van der Waals surface area contributed by atoms with E-state index < -0.39 is 6.10 Å². The van der Waals surface area contributed by atoms with Gasteiger partial charge in [0.25, 0.3) is 0 Å². The molecule has 0 fully saturated rings. The van der Waals surface area contributed by atoms with Crippen molar-refractivity contribution in [2.24, 2.45) is 0 Å². The first-order chi connectivity index (χ1) is 14.1. The summed E-state index contributed by atoms with van der Waals surface area (Å²) in [5.74, 6) is 0.712. The summed E-state index contributed by atoms with van der Waals surface area (Å²) >= 11 is 6.33. The molecule has 0 amide bonds. The molecule has 6 heteroatoms. The van der Waals surface area contributed by atoms with Gasteiger partial charge in [-0.15, -0.1) is 0 Å². The molecule has 29 heavy (non-hydrogen) atoms. The van der Waals surface area contributed by atoms with E-state index in [9.17, 15) is 5.11 Å². The molecular formula is C23H22ClN3O2. The predicted octanol–water partition coefficient (Wildman–Crippen LogP) is 4.06. The van der Waals surface area contributed by atoms with Crippen LogP contribution in [0.3, 0.4) is 0 Å². The monoisotopic (exact) mass is 407 g/mol. The van der Waals surface area contributed by atoms with Gasteiger partial charge in [-0.25, -0.2) is 0 Å². The van der Waals surface area contributed by atoms with Gasteiger partial charge in [0, 0.05) is 5.02 Å². The molecule has 3 aromatic carbocycles. The third-order valence-corrected chi connectivity index (χ3v) is 5.21. The van der Waals surface area contributed by atoms with Crippen molar-refractivity contribution >= 4 is 22.6 Å². The zero-order chi connectivity index (χ0) is 20.2. The molecular weight excluding hydrogens is 386 g/mol. The quantitative estimate of drug-likeness (QED) is 0.485. The molecule has 0 unspecified atom stereocenters. The maximum Gasteiger partial charge on any atom is 0.203 e. The minimum absolute atomic E-state index is 0.153. The summed E-state index contributed by atoms with van der Waals surface area (Å²) < 4.78 is 9.38. The van der Waals surface area contributed by atoms with E-state index in [2.05, 4.69) is 0 Å². The molecule has 0 aliphatic heterocycles. The third kappa shape index (κ3) is 4.21. The molecule has 0 aliphatic carbocycles. The molecule has 0 radical (unpaired) electrons. The highest BCUT2D eigenvalue weighted by atomic mass is 35.5. The molecule has 0 spiro atoms. The van der Waals surface area contributed by atoms with Gasteiger partial charge in [-0.05, 0) is 35.9 Å². The number of imidazole rings is 1. The highest BCUT2D eigenvalue weighted by Crippen LogP contribution is 2.19. The van der Waals surface area contributed by atoms with Crippen molar-refractivity contribution in [3.8, 4) is 5.75 Å². The molecule has 5 nitrogen and oxygen atoms in total. The molecule has 0 aliphatic rings. The molecule has 4 rings (SSSR count). The zero-order valence-corrected chi connectivity index (χ0v) is 16.6. The average Bonchev–Trinajstić information content (AvgIpc) is 3.00. The van der Waals surface area contributed by atoms with E-state index in [0.717, 1.165) is 16.6 Å². The van der Waals surface area contributed by atoms with Crippen molar-refractivity contribution < 1.29 is 9.84 Å². The average molecular weight is 408 g/mol. The number of nitrogens with one attached hydrogen (secondary N) is 1. The van der Waals surface area contributed by atoms with Crippen molar-refractivity contribution in [2.45, 2.75) is 19.2 Å². The lowest BCUT2D eigenvalue weighted by atomic mass is 10.2. The van der Waals surface area contributed by atoms with Gasteiger partial charge in [-0.3, -0.25) is 5.41 Å². The Morgan fingerprint density at radius 1 is 0.862 bits per heavy atom. The van der Waals surface area contributed by atoms with Gasteiger partial charge in [0.2, 0.25) is 5.62 Å². The fourth-order valence-corrected chi connectivity index (χ4v) is 3.60. The number of nitrogens with zero attached hydrogens (tertiary/aromatic N) is 2. The highest BCUT2D eigenvalue weighted by Gasteiger charge is 2.15. The topological polar surface area (TPSA) is 63.2 Å². The fraction of sp³-hybridized carbons (Fsp3) is 0.174. The number of rotatable bonds is 7. The normalized spacial score (nSPS) is 12.2. The highest BCUT2D eigenvalue weighted by molar-refractivity contribution is 6.31. The molecule has 1 heterocycles. The van der Waals surface area contributed by atoms with Crippen LogP contribution in [0.4, 0.5) is 0 Å². The summed E-state index contributed by atoms with van der Waals surface area (Å²) in [5, 5.41) is 19.9. The van der Waals surface area contributed by atoms with Crippen molar-refractivity contribution in [3.05, 3.63) is 95.1 Å². The van der Waals surface area contributed by atoms with Gasteiger partial charge in [-0.1, -0.05) is 60.1 Å². The number of hydrogen-bond acceptors (Lipinski definition) is 3. The van der Waals surface area contributed by atoms with Crippen LogP contribution in [0, 0.1) is 5.41 Å². The summed E-state index contributed by atoms with van der Waals surface area (Å²) in [6, 6.07) is 24.9. The summed E-state index contributed by atoms with van der Waals surface area (Å²) in [5.41, 5.74) is 3.07. The van der Waals surface area contributed by atoms with Crippen LogP contribution in [-0.4, -0.2) is 27.0 Å². The summed E-state index contributed by atoms with van der Waals surface area (Å²) in [7, 11) is 0. The van der Waals surface area contributed by atoms with Crippen LogP contribution in [0.25, 0.3) is 11.0 Å². The van der Waals surface area contributed by atoms with Crippen LogP contribution >= 0.6 is 11.6 Å². The number of aliphatic hydroxyl groups is 1. The van der Waals surface area contributed by atoms with Crippen LogP contribution in [0.5, 0.6) is 5.75 Å². The molecule has 148 valence electrons. The van der Waals surface area contributed by atoms with Crippen molar-refractivity contribution in [2.75, 3.05) is 6.61 Å². The van der Waals surface area contributed by atoms with E-state index in [1.165, 1.54) is 0 Å². The summed E-state index contributed by atoms with van der Waals surface area (Å²) in [6.45, 7) is 0.908. The van der Waals surface area contributed by atoms with Crippen LogP contribution in [0.1, 0.15) is 5.56 Å². The number of para-hydroxylation sites is 3. The Hall–Kier alpha value is -3.02. The number of aromatic nitrogens is 2. The van der Waals surface area contributed by atoms with Crippen molar-refractivity contribution in [3.63, 3.8) is 0 Å². The van der Waals surface area contributed by atoms with Crippen molar-refractivity contribution in [1.82, 2.24) is 9.13 Å². The molecule has 1 atom stereocenters. The number of benzene rings is 3. The molecule has 0 saturated heterocycles. The van der Waals surface area contributed by atoms with Gasteiger partial charge in [-0.2, -0.15) is 0 Å². The maximum atomic E-state index is 10.5. The zero-order valence-electron chi connectivity index (χ0n) is 15.8. The maximum absolute atomic E-state index is 10.5. The van der Waals surface area contributed by atoms with Gasteiger partial charge >= 0.3 is 0 Å². The lowest BCUT2D eigenvalue weighted by molar-refractivity contribution is 0.0921. The Labute approximate surface area is 173 Å². The van der Waals surface area contributed by atoms with E-state index in [0.29, 0.717) is 22.9 Å². The molecule has 0 saturated carbocycles. The first-order valence-electron chi connectivity index (χ1n) is 9.45. The Morgan fingerprint density at radius 3 is 2.21 bits per heavy atom. The fourth-order valence-electron chi connectivity index (χ4n) is 3.41. The summed E-state index contributed by atoms with van der Waals surface area (Å²) in [6.07, 6.45) is -0.746. The first kappa shape index (κ1) is 19.3. The Morgan fingerprint density at radius 2 is 1.48 bits per heavy atom. The lowest BCUT2D eigenvalue weighted by Gasteiger charge is -2.13. The lowest BCUT2D eigenvalue weighted by Crippen LogP contribution is -2.31. The van der Waals surface area contributed by atoms with Crippen LogP contribution < -0.4 is 10.4 Å². The van der Waals surface area contributed by atoms with Gasteiger partial charge < -0.3 is 19.0 Å². The SMILES string of the molecule is N=c1n(Cc2ccccc2Cl)c2ccccc2n1C[C@H](O)COc1ccccc1. The third-order valence-electron chi connectivity index (χ3n) is 4.84. The second-order valence-electron chi connectivity index (χ2n) is 6.88. The minimum Gasteiger partial charge on any atom is -0.491 e. The first-order valence-corrected chi connectivity index (χ1v) is 9.83. The Kier molecular flexibility index (Phi) is 5.69. The number of halogens is 1. The second-order valence-corrected chi connectivity index (χ2v) is 7.29. The smallest absolute Gasteiger partial charge is 0.203 e. The van der Waals surface area contributed by atoms with Crippen molar-refractivity contribution in [1.29, 1.82) is 5.41 Å². The minimum atomic E-state index is -0.746. The molecule has 1 aromatic heterocycles. The van der Waals surface area contributed by atoms with E-state index in [1.54, 1.807) is 0 Å². The van der Waals surface area contributed by atoms with Crippen LogP contribution in [0.2, 0.25) is 5.02 Å². The Bertz CT molecular complexity index is 1170. The van der Waals surface area contributed by atoms with Gasteiger partial charge in [0.1, 0.15) is 18.5 Å². The predicted molar refractivity (Wildman–Crippen MR) is 114 cm³/mol. The number of fused-ring (bicyclic) bond motifs is 1. The van der Waals surface area contributed by atoms with Crippen LogP contribution in [0.15, 0.2) is 78.9 Å². The van der Waals surface area contributed by atoms with E-state index in [-0.39, 0.29) is 13.2 Å². The van der Waals surface area contributed by atoms with Gasteiger partial charge in [0.15, 0.2) is 0 Å². The second kappa shape index (κ2) is 8.55. The summed E-state index contributed by atoms with van der Waals surface area (Å²) in [4.78, 5) is 0. The Balaban J connectivity index is 1.60. The molecule has 0 bridgehead atoms. The number of aliphatic hydroxyl groups excluding tert-OH is 1. The standard InChI is InChI=1S/C23H22ClN3O2/c24-20-11-5-4-8-17(20)14-26-21-12-6-7-13-22(21)27(23(26)25)15-18(28)16-29-19-9-2-1-3-10-19/h1-13,18,25,28H,14-16H2/t18-/m0/s1. The number of hydrogen-bond donors (Lipinski definition) is 2. The van der Waals surface area contributed by atoms with E-state index in [4.69, 9.17) is 21.7 Å². The van der Waals surface area contributed by atoms with E-state index >= 15 is 0 Å². The van der Waals surface area contributed by atoms with Crippen LogP contribution in [-0.2, 0) is 13.1 Å².